The Bertz CT molecular complexity index is 418. The van der Waals surface area contributed by atoms with E-state index in [1.165, 1.54) is 6.07 Å². The van der Waals surface area contributed by atoms with Crippen LogP contribution in [0, 0.1) is 12.7 Å². The fourth-order valence-electron chi connectivity index (χ4n) is 1.28. The highest BCUT2D eigenvalue weighted by atomic mass is 32.2. The van der Waals surface area contributed by atoms with Gasteiger partial charge in [-0.05, 0) is 38.7 Å². The first-order chi connectivity index (χ1) is 7.87. The van der Waals surface area contributed by atoms with Crippen LogP contribution in [-0.4, -0.2) is 23.5 Å². The average Bonchev–Trinajstić information content (AvgIpc) is 2.30. The molecule has 0 radical (unpaired) electrons. The minimum atomic E-state index is -0.438. The van der Waals surface area contributed by atoms with Gasteiger partial charge in [-0.2, -0.15) is 11.8 Å². The van der Waals surface area contributed by atoms with Crippen molar-refractivity contribution in [2.45, 2.75) is 25.5 Å². The molecular formula is C13H18FNOS. The minimum Gasteiger partial charge on any atom is -0.351 e. The maximum atomic E-state index is 13.7. The van der Waals surface area contributed by atoms with E-state index in [9.17, 15) is 9.18 Å². The van der Waals surface area contributed by atoms with Gasteiger partial charge in [0.2, 0.25) is 0 Å². The molecule has 0 aliphatic carbocycles. The molecule has 0 bridgehead atoms. The summed E-state index contributed by atoms with van der Waals surface area (Å²) in [6.07, 6.45) is 1.99. The predicted molar refractivity (Wildman–Crippen MR) is 71.1 cm³/mol. The Kier molecular flexibility index (Phi) is 4.57. The molecule has 2 nitrogen and oxygen atoms in total. The second-order valence-electron chi connectivity index (χ2n) is 4.58. The Labute approximate surface area is 106 Å². The van der Waals surface area contributed by atoms with Crippen molar-refractivity contribution in [1.82, 2.24) is 5.32 Å². The van der Waals surface area contributed by atoms with Gasteiger partial charge in [0, 0.05) is 11.3 Å². The third-order valence-corrected chi connectivity index (χ3v) is 3.91. The molecular weight excluding hydrogens is 237 g/mol. The first-order valence-corrected chi connectivity index (χ1v) is 6.68. The summed E-state index contributed by atoms with van der Waals surface area (Å²) >= 11 is 1.66. The zero-order chi connectivity index (χ0) is 13.1. The zero-order valence-corrected chi connectivity index (χ0v) is 11.5. The van der Waals surface area contributed by atoms with Gasteiger partial charge in [-0.25, -0.2) is 4.39 Å². The van der Waals surface area contributed by atoms with E-state index in [1.54, 1.807) is 30.8 Å². The molecule has 0 aliphatic rings. The van der Waals surface area contributed by atoms with Gasteiger partial charge in [-0.15, -0.1) is 0 Å². The maximum absolute atomic E-state index is 13.7. The second kappa shape index (κ2) is 5.54. The third kappa shape index (κ3) is 3.73. The minimum absolute atomic E-state index is 0.0457. The van der Waals surface area contributed by atoms with E-state index < -0.39 is 5.82 Å². The van der Waals surface area contributed by atoms with E-state index in [2.05, 4.69) is 5.32 Å². The smallest absolute Gasteiger partial charge is 0.254 e. The van der Waals surface area contributed by atoms with Crippen molar-refractivity contribution in [2.75, 3.05) is 12.8 Å². The van der Waals surface area contributed by atoms with Gasteiger partial charge in [-0.3, -0.25) is 4.79 Å². The Hall–Kier alpha value is -1.03. The number of hydrogen-bond acceptors (Lipinski definition) is 2. The van der Waals surface area contributed by atoms with Crippen LogP contribution in [0.4, 0.5) is 4.39 Å². The van der Waals surface area contributed by atoms with Gasteiger partial charge in [0.05, 0.1) is 5.56 Å². The standard InChI is InChI=1S/C13H18FNOS/c1-9-6-5-7-10(11(9)14)12(16)15-8-13(2,3)17-4/h5-7H,8H2,1-4H3,(H,15,16). The number of halogens is 1. The fourth-order valence-corrected chi connectivity index (χ4v) is 1.50. The van der Waals surface area contributed by atoms with Crippen molar-refractivity contribution in [3.05, 3.63) is 35.1 Å². The van der Waals surface area contributed by atoms with Crippen LogP contribution in [0.5, 0.6) is 0 Å². The van der Waals surface area contributed by atoms with Gasteiger partial charge in [0.15, 0.2) is 0 Å². The predicted octanol–water partition coefficient (Wildman–Crippen LogP) is 3.01. The van der Waals surface area contributed by atoms with E-state index in [0.717, 1.165) is 0 Å². The second-order valence-corrected chi connectivity index (χ2v) is 6.10. The molecule has 1 rings (SSSR count). The molecule has 0 saturated heterocycles. The fraction of sp³-hybridized carbons (Fsp3) is 0.462. The topological polar surface area (TPSA) is 29.1 Å². The molecule has 0 aromatic heterocycles. The quantitative estimate of drug-likeness (QED) is 0.896. The van der Waals surface area contributed by atoms with Crippen molar-refractivity contribution >= 4 is 17.7 Å². The lowest BCUT2D eigenvalue weighted by Gasteiger charge is -2.22. The molecule has 0 fully saturated rings. The summed E-state index contributed by atoms with van der Waals surface area (Å²) in [4.78, 5) is 11.8. The van der Waals surface area contributed by atoms with E-state index in [1.807, 2.05) is 20.1 Å². The number of benzene rings is 1. The summed E-state index contributed by atoms with van der Waals surface area (Å²) in [7, 11) is 0. The number of aryl methyl sites for hydroxylation is 1. The number of rotatable bonds is 4. The molecule has 1 N–H and O–H groups in total. The first kappa shape index (κ1) is 14.0. The van der Waals surface area contributed by atoms with E-state index in [-0.39, 0.29) is 16.2 Å². The van der Waals surface area contributed by atoms with Gasteiger partial charge in [-0.1, -0.05) is 12.1 Å². The van der Waals surface area contributed by atoms with Crippen molar-refractivity contribution < 1.29 is 9.18 Å². The van der Waals surface area contributed by atoms with E-state index >= 15 is 0 Å². The highest BCUT2D eigenvalue weighted by Crippen LogP contribution is 2.20. The van der Waals surface area contributed by atoms with Crippen LogP contribution in [0.25, 0.3) is 0 Å². The van der Waals surface area contributed by atoms with Crippen LogP contribution in [0.1, 0.15) is 29.8 Å². The highest BCUT2D eigenvalue weighted by molar-refractivity contribution is 7.99. The van der Waals surface area contributed by atoms with Crippen LogP contribution in [0.15, 0.2) is 18.2 Å². The van der Waals surface area contributed by atoms with Crippen molar-refractivity contribution in [1.29, 1.82) is 0 Å². The van der Waals surface area contributed by atoms with Crippen LogP contribution >= 0.6 is 11.8 Å². The van der Waals surface area contributed by atoms with Crippen LogP contribution in [0.3, 0.4) is 0 Å². The number of amides is 1. The Morgan fingerprint density at radius 1 is 1.47 bits per heavy atom. The number of nitrogens with one attached hydrogen (secondary N) is 1. The lowest BCUT2D eigenvalue weighted by atomic mass is 10.1. The largest absolute Gasteiger partial charge is 0.351 e. The van der Waals surface area contributed by atoms with Gasteiger partial charge < -0.3 is 5.32 Å². The van der Waals surface area contributed by atoms with E-state index in [0.29, 0.717) is 12.1 Å². The molecule has 0 atom stereocenters. The molecule has 0 aliphatic heterocycles. The van der Waals surface area contributed by atoms with Crippen molar-refractivity contribution in [3.8, 4) is 0 Å². The number of carbonyl (C=O) groups excluding carboxylic acids is 1. The summed E-state index contributed by atoms with van der Waals surface area (Å²) in [5.41, 5.74) is 0.601. The number of thioether (sulfide) groups is 1. The molecule has 4 heteroatoms. The molecule has 17 heavy (non-hydrogen) atoms. The molecule has 1 aromatic carbocycles. The highest BCUT2D eigenvalue weighted by Gasteiger charge is 2.19. The summed E-state index contributed by atoms with van der Waals surface area (Å²) in [5.74, 6) is -0.791. The lowest BCUT2D eigenvalue weighted by molar-refractivity contribution is 0.0946. The number of hydrogen-bond donors (Lipinski definition) is 1. The molecule has 0 saturated carbocycles. The average molecular weight is 255 g/mol. The molecule has 0 heterocycles. The monoisotopic (exact) mass is 255 g/mol. The summed E-state index contributed by atoms with van der Waals surface area (Å²) in [6.45, 7) is 6.23. The molecule has 0 unspecified atom stereocenters. The maximum Gasteiger partial charge on any atom is 0.254 e. The third-order valence-electron chi connectivity index (χ3n) is 2.66. The summed E-state index contributed by atoms with van der Waals surface area (Å²) in [5, 5.41) is 2.76. The normalized spacial score (nSPS) is 11.4. The zero-order valence-electron chi connectivity index (χ0n) is 10.6. The van der Waals surface area contributed by atoms with Crippen LogP contribution in [0.2, 0.25) is 0 Å². The lowest BCUT2D eigenvalue weighted by Crippen LogP contribution is -2.36. The van der Waals surface area contributed by atoms with Crippen molar-refractivity contribution in [3.63, 3.8) is 0 Å². The van der Waals surface area contributed by atoms with E-state index in [4.69, 9.17) is 0 Å². The number of carbonyl (C=O) groups is 1. The summed E-state index contributed by atoms with van der Waals surface area (Å²) < 4.78 is 13.6. The molecule has 1 amide bonds. The molecule has 0 spiro atoms. The Balaban J connectivity index is 2.74. The SMILES string of the molecule is CSC(C)(C)CNC(=O)c1cccc(C)c1F. The summed E-state index contributed by atoms with van der Waals surface area (Å²) in [6, 6.07) is 4.84. The Morgan fingerprint density at radius 3 is 2.71 bits per heavy atom. The first-order valence-electron chi connectivity index (χ1n) is 5.46. The Morgan fingerprint density at radius 2 is 2.12 bits per heavy atom. The van der Waals surface area contributed by atoms with Gasteiger partial charge >= 0.3 is 0 Å². The molecule has 1 aromatic rings. The van der Waals surface area contributed by atoms with Crippen LogP contribution in [-0.2, 0) is 0 Å². The van der Waals surface area contributed by atoms with Gasteiger partial charge in [0.1, 0.15) is 5.82 Å². The van der Waals surface area contributed by atoms with Crippen LogP contribution < -0.4 is 5.32 Å². The molecule has 94 valence electrons. The van der Waals surface area contributed by atoms with Crippen molar-refractivity contribution in [2.24, 2.45) is 0 Å². The van der Waals surface area contributed by atoms with Gasteiger partial charge in [0.25, 0.3) is 5.91 Å².